The highest BCUT2D eigenvalue weighted by atomic mass is 15.2. The summed E-state index contributed by atoms with van der Waals surface area (Å²) in [5, 5.41) is 3.52. The normalized spacial score (nSPS) is 40.1. The van der Waals surface area contributed by atoms with Crippen molar-refractivity contribution in [3.05, 3.63) is 0 Å². The molecule has 0 amide bonds. The summed E-state index contributed by atoms with van der Waals surface area (Å²) in [7, 11) is 0. The van der Waals surface area contributed by atoms with Crippen LogP contribution in [0.2, 0.25) is 0 Å². The van der Waals surface area contributed by atoms with E-state index in [4.69, 9.17) is 0 Å². The van der Waals surface area contributed by atoms with Gasteiger partial charge in [-0.1, -0.05) is 6.92 Å². The van der Waals surface area contributed by atoms with E-state index in [0.717, 1.165) is 23.8 Å². The minimum Gasteiger partial charge on any atom is -0.316 e. The predicted molar refractivity (Wildman–Crippen MR) is 58.2 cm³/mol. The highest BCUT2D eigenvalue weighted by molar-refractivity contribution is 4.96. The number of hydrogen-bond acceptors (Lipinski definition) is 2. The molecule has 2 saturated heterocycles. The molecule has 3 atom stereocenters. The van der Waals surface area contributed by atoms with Gasteiger partial charge in [-0.2, -0.15) is 0 Å². The van der Waals surface area contributed by atoms with Crippen molar-refractivity contribution in [3.8, 4) is 0 Å². The second kappa shape index (κ2) is 3.49. The largest absolute Gasteiger partial charge is 0.316 e. The van der Waals surface area contributed by atoms with Crippen molar-refractivity contribution in [3.63, 3.8) is 0 Å². The van der Waals surface area contributed by atoms with Crippen LogP contribution in [0.4, 0.5) is 0 Å². The summed E-state index contributed by atoms with van der Waals surface area (Å²) >= 11 is 0. The molecule has 0 bridgehead atoms. The zero-order valence-electron chi connectivity index (χ0n) is 9.21. The maximum Gasteiger partial charge on any atom is 0.0121 e. The van der Waals surface area contributed by atoms with E-state index < -0.39 is 0 Å². The van der Waals surface area contributed by atoms with Crippen LogP contribution in [0.15, 0.2) is 0 Å². The first kappa shape index (κ1) is 9.17. The van der Waals surface area contributed by atoms with Crippen LogP contribution in [0.1, 0.15) is 26.2 Å². The van der Waals surface area contributed by atoms with Crippen molar-refractivity contribution in [2.24, 2.45) is 17.8 Å². The lowest BCUT2D eigenvalue weighted by molar-refractivity contribution is 0.198. The van der Waals surface area contributed by atoms with E-state index in [9.17, 15) is 0 Å². The molecule has 2 nitrogen and oxygen atoms in total. The molecule has 0 aromatic carbocycles. The summed E-state index contributed by atoms with van der Waals surface area (Å²) in [6.07, 6.45) is 4.38. The average molecular weight is 194 g/mol. The van der Waals surface area contributed by atoms with Crippen LogP contribution in [0.25, 0.3) is 0 Å². The molecule has 1 saturated carbocycles. The maximum absolute atomic E-state index is 3.52. The van der Waals surface area contributed by atoms with Gasteiger partial charge < -0.3 is 5.32 Å². The predicted octanol–water partition coefficient (Wildman–Crippen LogP) is 1.33. The summed E-state index contributed by atoms with van der Waals surface area (Å²) in [6.45, 7) is 7.69. The summed E-state index contributed by atoms with van der Waals surface area (Å²) < 4.78 is 0. The highest BCUT2D eigenvalue weighted by Gasteiger charge is 2.42. The minimum absolute atomic E-state index is 0.931. The number of hydrogen-bond donors (Lipinski definition) is 1. The van der Waals surface area contributed by atoms with Crippen LogP contribution in [0, 0.1) is 17.8 Å². The summed E-state index contributed by atoms with van der Waals surface area (Å²) in [5.74, 6) is 3.01. The van der Waals surface area contributed by atoms with Gasteiger partial charge in [-0.3, -0.25) is 4.90 Å². The van der Waals surface area contributed by atoms with E-state index in [-0.39, 0.29) is 0 Å². The third-order valence-corrected chi connectivity index (χ3v) is 4.47. The van der Waals surface area contributed by atoms with Crippen LogP contribution < -0.4 is 5.32 Å². The molecule has 0 spiro atoms. The highest BCUT2D eigenvalue weighted by Crippen LogP contribution is 2.40. The number of nitrogens with one attached hydrogen (secondary N) is 1. The monoisotopic (exact) mass is 194 g/mol. The molecule has 0 radical (unpaired) electrons. The van der Waals surface area contributed by atoms with E-state index in [1.165, 1.54) is 45.4 Å². The Hall–Kier alpha value is -0.0800. The fraction of sp³-hybridized carbons (Fsp3) is 1.00. The second-order valence-electron chi connectivity index (χ2n) is 5.45. The summed E-state index contributed by atoms with van der Waals surface area (Å²) in [6, 6.07) is 0.931. The Balaban J connectivity index is 1.63. The molecule has 3 unspecified atom stereocenters. The third-order valence-electron chi connectivity index (χ3n) is 4.47. The number of rotatable bonds is 3. The van der Waals surface area contributed by atoms with Gasteiger partial charge in [0.05, 0.1) is 0 Å². The van der Waals surface area contributed by atoms with Crippen LogP contribution in [-0.2, 0) is 0 Å². The van der Waals surface area contributed by atoms with E-state index in [2.05, 4.69) is 17.1 Å². The summed E-state index contributed by atoms with van der Waals surface area (Å²) in [5.41, 5.74) is 0. The van der Waals surface area contributed by atoms with Gasteiger partial charge in [0.25, 0.3) is 0 Å². The van der Waals surface area contributed by atoms with Crippen LogP contribution >= 0.6 is 0 Å². The Labute approximate surface area is 87.0 Å². The molecule has 0 aromatic rings. The van der Waals surface area contributed by atoms with E-state index >= 15 is 0 Å². The molecule has 1 N–H and O–H groups in total. The molecule has 2 aliphatic heterocycles. The molecular weight excluding hydrogens is 172 g/mol. The zero-order valence-corrected chi connectivity index (χ0v) is 9.21. The smallest absolute Gasteiger partial charge is 0.0121 e. The zero-order chi connectivity index (χ0) is 9.54. The average Bonchev–Trinajstić information content (AvgIpc) is 2.75. The van der Waals surface area contributed by atoms with Crippen LogP contribution in [-0.4, -0.2) is 37.1 Å². The Morgan fingerprint density at radius 1 is 1.21 bits per heavy atom. The molecule has 1 aliphatic carbocycles. The fourth-order valence-electron chi connectivity index (χ4n) is 3.53. The molecule has 3 aliphatic rings. The van der Waals surface area contributed by atoms with Crippen LogP contribution in [0.3, 0.4) is 0 Å². The molecule has 3 rings (SSSR count). The molecule has 14 heavy (non-hydrogen) atoms. The minimum atomic E-state index is 0.931. The number of fused-ring (bicyclic) bond motifs is 1. The molecule has 3 fully saturated rings. The van der Waals surface area contributed by atoms with Gasteiger partial charge in [-0.15, -0.1) is 0 Å². The van der Waals surface area contributed by atoms with Crippen molar-refractivity contribution in [2.75, 3.05) is 26.2 Å². The van der Waals surface area contributed by atoms with Gasteiger partial charge in [0, 0.05) is 19.1 Å². The third kappa shape index (κ3) is 1.49. The van der Waals surface area contributed by atoms with Crippen molar-refractivity contribution in [1.82, 2.24) is 10.2 Å². The fourth-order valence-corrected chi connectivity index (χ4v) is 3.53. The van der Waals surface area contributed by atoms with Gasteiger partial charge in [0.15, 0.2) is 0 Å². The van der Waals surface area contributed by atoms with Crippen LogP contribution in [0.5, 0.6) is 0 Å². The quantitative estimate of drug-likeness (QED) is 0.729. The Kier molecular flexibility index (Phi) is 2.29. The molecule has 2 heteroatoms. The first-order valence-corrected chi connectivity index (χ1v) is 6.33. The van der Waals surface area contributed by atoms with Crippen molar-refractivity contribution in [1.29, 1.82) is 0 Å². The Morgan fingerprint density at radius 2 is 1.86 bits per heavy atom. The van der Waals surface area contributed by atoms with Crippen molar-refractivity contribution >= 4 is 0 Å². The lowest BCUT2D eigenvalue weighted by Gasteiger charge is -2.27. The molecule has 0 aromatic heterocycles. The number of nitrogens with zero attached hydrogens (tertiary/aromatic N) is 1. The summed E-state index contributed by atoms with van der Waals surface area (Å²) in [4.78, 5) is 2.80. The lowest BCUT2D eigenvalue weighted by Crippen LogP contribution is -2.36. The molecule has 80 valence electrons. The topological polar surface area (TPSA) is 15.3 Å². The first-order chi connectivity index (χ1) is 6.88. The van der Waals surface area contributed by atoms with Gasteiger partial charge >= 0.3 is 0 Å². The molecular formula is C12H22N2. The van der Waals surface area contributed by atoms with E-state index in [1.54, 1.807) is 0 Å². The van der Waals surface area contributed by atoms with E-state index in [1.807, 2.05) is 0 Å². The van der Waals surface area contributed by atoms with Crippen molar-refractivity contribution < 1.29 is 0 Å². The SMILES string of the molecule is CCC(C1CC1)N1CC2CNCC2C1. The van der Waals surface area contributed by atoms with Crippen molar-refractivity contribution in [2.45, 2.75) is 32.2 Å². The lowest BCUT2D eigenvalue weighted by atomic mass is 10.0. The van der Waals surface area contributed by atoms with Gasteiger partial charge in [0.2, 0.25) is 0 Å². The van der Waals surface area contributed by atoms with Gasteiger partial charge in [0.1, 0.15) is 0 Å². The van der Waals surface area contributed by atoms with Gasteiger partial charge in [-0.25, -0.2) is 0 Å². The van der Waals surface area contributed by atoms with E-state index in [0.29, 0.717) is 0 Å². The first-order valence-electron chi connectivity index (χ1n) is 6.33. The Morgan fingerprint density at radius 3 is 2.36 bits per heavy atom. The number of likely N-dealkylation sites (tertiary alicyclic amines) is 1. The maximum atomic E-state index is 3.52. The second-order valence-corrected chi connectivity index (χ2v) is 5.45. The Bertz CT molecular complexity index is 200. The standard InChI is InChI=1S/C12H22N2/c1-2-12(9-3-4-9)14-7-10-5-13-6-11(10)8-14/h9-13H,2-8H2,1H3. The van der Waals surface area contributed by atoms with Gasteiger partial charge in [-0.05, 0) is 50.1 Å². The molecule has 2 heterocycles.